The standard InChI is InChI=1S/C18H15BrFN3O4/c1-10-6-13(3-4-14(10)19)22-9-11(7-17(22)24)18(25)21-12-2-5-15(20)16(8-12)23(26)27/h2-6,8,11H,7,9H2,1H3,(H,21,25). The quantitative estimate of drug-likeness (QED) is 0.583. The Morgan fingerprint density at radius 3 is 2.74 bits per heavy atom. The number of carbonyl (C=O) groups is 2. The van der Waals surface area contributed by atoms with Crippen LogP contribution < -0.4 is 10.2 Å². The Balaban J connectivity index is 1.73. The summed E-state index contributed by atoms with van der Waals surface area (Å²) in [5.41, 5.74) is 1.06. The van der Waals surface area contributed by atoms with Crippen LogP contribution in [0.15, 0.2) is 40.9 Å². The van der Waals surface area contributed by atoms with Crippen molar-refractivity contribution >= 4 is 44.8 Å². The van der Waals surface area contributed by atoms with Gasteiger partial charge < -0.3 is 10.2 Å². The van der Waals surface area contributed by atoms with E-state index < -0.39 is 28.3 Å². The van der Waals surface area contributed by atoms with Crippen LogP contribution in [0.25, 0.3) is 0 Å². The zero-order chi connectivity index (χ0) is 19.7. The van der Waals surface area contributed by atoms with Crippen LogP contribution in [-0.4, -0.2) is 23.3 Å². The Morgan fingerprint density at radius 2 is 2.07 bits per heavy atom. The van der Waals surface area contributed by atoms with Gasteiger partial charge in [-0.15, -0.1) is 0 Å². The van der Waals surface area contributed by atoms with Gasteiger partial charge in [0.15, 0.2) is 0 Å². The molecule has 0 aliphatic carbocycles. The minimum Gasteiger partial charge on any atom is -0.326 e. The average Bonchev–Trinajstić information content (AvgIpc) is 3.00. The topological polar surface area (TPSA) is 92.6 Å². The van der Waals surface area contributed by atoms with Gasteiger partial charge >= 0.3 is 5.69 Å². The number of nitrogens with zero attached hydrogens (tertiary/aromatic N) is 2. The average molecular weight is 436 g/mol. The van der Waals surface area contributed by atoms with Crippen molar-refractivity contribution in [3.05, 3.63) is 62.4 Å². The molecule has 140 valence electrons. The summed E-state index contributed by atoms with van der Waals surface area (Å²) in [6, 6.07) is 8.60. The minimum atomic E-state index is -0.981. The smallest absolute Gasteiger partial charge is 0.306 e. The fourth-order valence-corrected chi connectivity index (χ4v) is 3.15. The van der Waals surface area contributed by atoms with Crippen LogP contribution >= 0.6 is 15.9 Å². The lowest BCUT2D eigenvalue weighted by molar-refractivity contribution is -0.387. The lowest BCUT2D eigenvalue weighted by Crippen LogP contribution is -2.28. The molecule has 0 bridgehead atoms. The van der Waals surface area contributed by atoms with Gasteiger partial charge in [0.1, 0.15) is 0 Å². The molecule has 1 saturated heterocycles. The maximum Gasteiger partial charge on any atom is 0.306 e. The van der Waals surface area contributed by atoms with Crippen molar-refractivity contribution in [2.45, 2.75) is 13.3 Å². The molecule has 0 aromatic heterocycles. The molecule has 1 atom stereocenters. The van der Waals surface area contributed by atoms with E-state index in [2.05, 4.69) is 21.2 Å². The second-order valence-corrected chi connectivity index (χ2v) is 7.11. The number of nitrogens with one attached hydrogen (secondary N) is 1. The maximum atomic E-state index is 13.4. The minimum absolute atomic E-state index is 0.0320. The zero-order valence-electron chi connectivity index (χ0n) is 14.2. The highest BCUT2D eigenvalue weighted by molar-refractivity contribution is 9.10. The largest absolute Gasteiger partial charge is 0.326 e. The fourth-order valence-electron chi connectivity index (χ4n) is 2.90. The van der Waals surface area contributed by atoms with Crippen molar-refractivity contribution < 1.29 is 18.9 Å². The third-order valence-corrected chi connectivity index (χ3v) is 5.25. The molecule has 1 N–H and O–H groups in total. The Kier molecular flexibility index (Phi) is 5.22. The van der Waals surface area contributed by atoms with Crippen LogP contribution in [-0.2, 0) is 9.59 Å². The lowest BCUT2D eigenvalue weighted by Gasteiger charge is -2.17. The van der Waals surface area contributed by atoms with Gasteiger partial charge in [-0.25, -0.2) is 0 Å². The van der Waals surface area contributed by atoms with E-state index in [0.29, 0.717) is 5.69 Å². The van der Waals surface area contributed by atoms with Crippen molar-refractivity contribution in [1.29, 1.82) is 0 Å². The van der Waals surface area contributed by atoms with E-state index >= 15 is 0 Å². The van der Waals surface area contributed by atoms with Crippen molar-refractivity contribution in [2.75, 3.05) is 16.8 Å². The van der Waals surface area contributed by atoms with Crippen molar-refractivity contribution in [2.24, 2.45) is 5.92 Å². The summed E-state index contributed by atoms with van der Waals surface area (Å²) < 4.78 is 14.3. The summed E-state index contributed by atoms with van der Waals surface area (Å²) in [5.74, 6) is -2.21. The van der Waals surface area contributed by atoms with Crippen LogP contribution in [0.5, 0.6) is 0 Å². The maximum absolute atomic E-state index is 13.4. The first-order chi connectivity index (χ1) is 12.8. The third-order valence-electron chi connectivity index (χ3n) is 4.36. The normalized spacial score (nSPS) is 16.5. The van der Waals surface area contributed by atoms with Gasteiger partial charge in [0, 0.05) is 34.9 Å². The Hall–Kier alpha value is -2.81. The van der Waals surface area contributed by atoms with Crippen LogP contribution in [0.4, 0.5) is 21.5 Å². The second kappa shape index (κ2) is 7.43. The monoisotopic (exact) mass is 435 g/mol. The Morgan fingerprint density at radius 1 is 1.33 bits per heavy atom. The molecule has 0 radical (unpaired) electrons. The molecule has 7 nitrogen and oxygen atoms in total. The number of aryl methyl sites for hydroxylation is 1. The number of nitro benzene ring substituents is 1. The molecule has 1 aliphatic heterocycles. The van der Waals surface area contributed by atoms with E-state index in [-0.39, 0.29) is 24.6 Å². The highest BCUT2D eigenvalue weighted by Gasteiger charge is 2.35. The first-order valence-corrected chi connectivity index (χ1v) is 8.87. The second-order valence-electron chi connectivity index (χ2n) is 6.25. The predicted molar refractivity (Wildman–Crippen MR) is 101 cm³/mol. The van der Waals surface area contributed by atoms with E-state index in [9.17, 15) is 24.1 Å². The summed E-state index contributed by atoms with van der Waals surface area (Å²) in [6.07, 6.45) is 0.0320. The highest BCUT2D eigenvalue weighted by atomic mass is 79.9. The number of anilines is 2. The van der Waals surface area contributed by atoms with Gasteiger partial charge in [-0.1, -0.05) is 15.9 Å². The van der Waals surface area contributed by atoms with Crippen molar-refractivity contribution in [3.63, 3.8) is 0 Å². The molecular weight excluding hydrogens is 421 g/mol. The molecule has 1 fully saturated rings. The van der Waals surface area contributed by atoms with Gasteiger partial charge in [0.2, 0.25) is 17.6 Å². The molecule has 0 spiro atoms. The molecule has 1 aliphatic rings. The first-order valence-electron chi connectivity index (χ1n) is 8.07. The number of hydrogen-bond donors (Lipinski definition) is 1. The van der Waals surface area contributed by atoms with E-state index in [1.807, 2.05) is 19.1 Å². The predicted octanol–water partition coefficient (Wildman–Crippen LogP) is 3.80. The number of nitro groups is 1. The first kappa shape index (κ1) is 19.0. The number of hydrogen-bond acceptors (Lipinski definition) is 4. The highest BCUT2D eigenvalue weighted by Crippen LogP contribution is 2.29. The van der Waals surface area contributed by atoms with E-state index in [4.69, 9.17) is 0 Å². The summed E-state index contributed by atoms with van der Waals surface area (Å²) in [6.45, 7) is 2.11. The Labute approximate surface area is 162 Å². The van der Waals surface area contributed by atoms with Crippen LogP contribution in [0.1, 0.15) is 12.0 Å². The van der Waals surface area contributed by atoms with E-state index in [1.54, 1.807) is 6.07 Å². The number of amides is 2. The molecular formula is C18H15BrFN3O4. The molecule has 2 aromatic carbocycles. The molecule has 27 heavy (non-hydrogen) atoms. The summed E-state index contributed by atoms with van der Waals surface area (Å²) in [5, 5.41) is 13.3. The Bertz CT molecular complexity index is 950. The molecule has 9 heteroatoms. The van der Waals surface area contributed by atoms with Gasteiger partial charge in [-0.2, -0.15) is 4.39 Å². The summed E-state index contributed by atoms with van der Waals surface area (Å²) in [7, 11) is 0. The fraction of sp³-hybridized carbons (Fsp3) is 0.222. The summed E-state index contributed by atoms with van der Waals surface area (Å²) >= 11 is 3.40. The number of carbonyl (C=O) groups excluding carboxylic acids is 2. The van der Waals surface area contributed by atoms with Gasteiger partial charge in [0.25, 0.3) is 0 Å². The number of halogens is 2. The molecule has 1 heterocycles. The summed E-state index contributed by atoms with van der Waals surface area (Å²) in [4.78, 5) is 36.3. The molecule has 1 unspecified atom stereocenters. The number of rotatable bonds is 4. The molecule has 2 aromatic rings. The van der Waals surface area contributed by atoms with Crippen LogP contribution in [0.3, 0.4) is 0 Å². The van der Waals surface area contributed by atoms with Gasteiger partial charge in [-0.05, 0) is 42.8 Å². The van der Waals surface area contributed by atoms with E-state index in [1.165, 1.54) is 11.0 Å². The van der Waals surface area contributed by atoms with Crippen molar-refractivity contribution in [3.8, 4) is 0 Å². The number of benzene rings is 2. The molecule has 3 rings (SSSR count). The van der Waals surface area contributed by atoms with Crippen LogP contribution in [0.2, 0.25) is 0 Å². The molecule has 2 amide bonds. The lowest BCUT2D eigenvalue weighted by atomic mass is 10.1. The zero-order valence-corrected chi connectivity index (χ0v) is 15.8. The SMILES string of the molecule is Cc1cc(N2CC(C(=O)Nc3ccc(F)c([N+](=O)[O-])c3)CC2=O)ccc1Br. The van der Waals surface area contributed by atoms with E-state index in [0.717, 1.165) is 22.2 Å². The van der Waals surface area contributed by atoms with Gasteiger partial charge in [-0.3, -0.25) is 19.7 Å². The van der Waals surface area contributed by atoms with Crippen molar-refractivity contribution in [1.82, 2.24) is 0 Å². The van der Waals surface area contributed by atoms with Crippen LogP contribution in [0, 0.1) is 28.8 Å². The molecule has 0 saturated carbocycles. The van der Waals surface area contributed by atoms with Gasteiger partial charge in [0.05, 0.1) is 10.8 Å². The third kappa shape index (κ3) is 3.97.